The van der Waals surface area contributed by atoms with Gasteiger partial charge in [0.25, 0.3) is 0 Å². The third kappa shape index (κ3) is 5.75. The molecule has 2 N–H and O–H groups in total. The molecule has 0 radical (unpaired) electrons. The lowest BCUT2D eigenvalue weighted by atomic mass is 10.2. The van der Waals surface area contributed by atoms with Crippen LogP contribution in [0.25, 0.3) is 11.5 Å². The highest BCUT2D eigenvalue weighted by atomic mass is 35.5. The van der Waals surface area contributed by atoms with Gasteiger partial charge in [0.2, 0.25) is 11.8 Å². The summed E-state index contributed by atoms with van der Waals surface area (Å²) in [5, 5.41) is 13.0. The quantitative estimate of drug-likeness (QED) is 0.860. The minimum atomic E-state index is -0.847. The number of nitrogens with zero attached hydrogens (tertiary/aromatic N) is 2. The summed E-state index contributed by atoms with van der Waals surface area (Å²) in [6, 6.07) is 5.88. The van der Waals surface area contributed by atoms with E-state index in [0.717, 1.165) is 0 Å². The summed E-state index contributed by atoms with van der Waals surface area (Å²) in [4.78, 5) is 23.7. The van der Waals surface area contributed by atoms with E-state index < -0.39 is 23.6 Å². The fourth-order valence-electron chi connectivity index (χ4n) is 1.75. The highest BCUT2D eigenvalue weighted by Crippen LogP contribution is 2.21. The van der Waals surface area contributed by atoms with Gasteiger partial charge in [0.1, 0.15) is 11.6 Å². The van der Waals surface area contributed by atoms with E-state index in [1.807, 2.05) is 0 Å². The van der Waals surface area contributed by atoms with E-state index in [-0.39, 0.29) is 11.9 Å². The van der Waals surface area contributed by atoms with Crippen LogP contribution in [0, 0.1) is 0 Å². The molecule has 2 rings (SSSR count). The average Bonchev–Trinajstić information content (AvgIpc) is 2.94. The Hall–Kier alpha value is -2.61. The fourth-order valence-corrected chi connectivity index (χ4v) is 1.87. The average molecular weight is 367 g/mol. The predicted molar refractivity (Wildman–Crippen MR) is 92.2 cm³/mol. The van der Waals surface area contributed by atoms with Gasteiger partial charge in [-0.15, -0.1) is 5.10 Å². The third-order valence-electron chi connectivity index (χ3n) is 2.87. The monoisotopic (exact) mass is 366 g/mol. The van der Waals surface area contributed by atoms with E-state index in [9.17, 15) is 9.59 Å². The first-order valence-electron chi connectivity index (χ1n) is 7.54. The highest BCUT2D eigenvalue weighted by molar-refractivity contribution is 6.30. The van der Waals surface area contributed by atoms with Crippen molar-refractivity contribution in [2.24, 2.45) is 0 Å². The number of alkyl carbamates (subject to hydrolysis) is 1. The lowest BCUT2D eigenvalue weighted by Gasteiger charge is -2.21. The lowest BCUT2D eigenvalue weighted by molar-refractivity contribution is -0.117. The van der Waals surface area contributed by atoms with Gasteiger partial charge in [0, 0.05) is 10.6 Å². The van der Waals surface area contributed by atoms with Gasteiger partial charge in [0.05, 0.1) is 0 Å². The van der Waals surface area contributed by atoms with Crippen LogP contribution in [0.15, 0.2) is 28.7 Å². The van der Waals surface area contributed by atoms with Crippen LogP contribution >= 0.6 is 11.6 Å². The number of ether oxygens (including phenoxy) is 1. The zero-order valence-electron chi connectivity index (χ0n) is 14.3. The molecule has 0 aliphatic carbocycles. The highest BCUT2D eigenvalue weighted by Gasteiger charge is 2.22. The van der Waals surface area contributed by atoms with Crippen molar-refractivity contribution in [1.29, 1.82) is 0 Å². The molecule has 2 amide bonds. The van der Waals surface area contributed by atoms with Gasteiger partial charge in [-0.3, -0.25) is 10.1 Å². The molecular weight excluding hydrogens is 348 g/mol. The van der Waals surface area contributed by atoms with E-state index in [1.165, 1.54) is 6.92 Å². The summed E-state index contributed by atoms with van der Waals surface area (Å²) in [5.74, 6) is -0.281. The molecule has 9 heteroatoms. The first-order chi connectivity index (χ1) is 11.6. The summed E-state index contributed by atoms with van der Waals surface area (Å²) in [7, 11) is 0. The molecule has 1 heterocycles. The summed E-state index contributed by atoms with van der Waals surface area (Å²) >= 11 is 5.82. The Morgan fingerprint density at radius 1 is 1.20 bits per heavy atom. The summed E-state index contributed by atoms with van der Waals surface area (Å²) in [6.07, 6.45) is -0.692. The van der Waals surface area contributed by atoms with Crippen LogP contribution in [-0.2, 0) is 9.53 Å². The maximum Gasteiger partial charge on any atom is 0.408 e. The normalized spacial score (nSPS) is 12.4. The molecule has 0 aliphatic rings. The second-order valence-corrected chi connectivity index (χ2v) is 6.71. The van der Waals surface area contributed by atoms with Gasteiger partial charge in [-0.25, -0.2) is 4.79 Å². The Bertz CT molecular complexity index is 752. The smallest absolute Gasteiger partial charge is 0.408 e. The lowest BCUT2D eigenvalue weighted by Crippen LogP contribution is -2.44. The largest absolute Gasteiger partial charge is 0.444 e. The molecule has 134 valence electrons. The summed E-state index contributed by atoms with van der Waals surface area (Å²) in [6.45, 7) is 6.70. The molecule has 1 atom stereocenters. The number of hydrogen-bond donors (Lipinski definition) is 2. The maximum absolute atomic E-state index is 12.1. The van der Waals surface area contributed by atoms with Crippen molar-refractivity contribution >= 4 is 29.6 Å². The molecule has 0 aliphatic heterocycles. The van der Waals surface area contributed by atoms with Crippen molar-refractivity contribution in [3.8, 4) is 11.5 Å². The molecule has 0 saturated carbocycles. The van der Waals surface area contributed by atoms with Crippen molar-refractivity contribution in [1.82, 2.24) is 15.5 Å². The van der Waals surface area contributed by atoms with Crippen molar-refractivity contribution in [3.05, 3.63) is 29.3 Å². The Morgan fingerprint density at radius 2 is 1.84 bits per heavy atom. The fraction of sp³-hybridized carbons (Fsp3) is 0.375. The second-order valence-electron chi connectivity index (χ2n) is 6.28. The standard InChI is InChI=1S/C16H19ClN4O4/c1-9(18-15(23)25-16(2,3)4)12(22)19-14-21-20-13(24-14)10-5-7-11(17)8-6-10/h5-9H,1-4H3,(H,18,23)(H,19,21,22). The predicted octanol–water partition coefficient (Wildman–Crippen LogP) is 3.24. The van der Waals surface area contributed by atoms with Crippen LogP contribution in [0.3, 0.4) is 0 Å². The van der Waals surface area contributed by atoms with Gasteiger partial charge < -0.3 is 14.5 Å². The summed E-state index contributed by atoms with van der Waals surface area (Å²) < 4.78 is 10.5. The molecular formula is C16H19ClN4O4. The molecule has 25 heavy (non-hydrogen) atoms. The van der Waals surface area contributed by atoms with Crippen LogP contribution in [-0.4, -0.2) is 33.8 Å². The van der Waals surface area contributed by atoms with Crippen LogP contribution in [0.1, 0.15) is 27.7 Å². The van der Waals surface area contributed by atoms with E-state index in [2.05, 4.69) is 20.8 Å². The third-order valence-corrected chi connectivity index (χ3v) is 3.12. The minimum Gasteiger partial charge on any atom is -0.444 e. The number of rotatable bonds is 4. The molecule has 8 nitrogen and oxygen atoms in total. The van der Waals surface area contributed by atoms with Crippen LogP contribution in [0.5, 0.6) is 0 Å². The maximum atomic E-state index is 12.1. The molecule has 2 aromatic rings. The van der Waals surface area contributed by atoms with Crippen molar-refractivity contribution < 1.29 is 18.7 Å². The van der Waals surface area contributed by atoms with Crippen molar-refractivity contribution in [2.45, 2.75) is 39.3 Å². The Kier molecular flexibility index (Phi) is 5.63. The number of benzene rings is 1. The molecule has 1 aromatic heterocycles. The van der Waals surface area contributed by atoms with Gasteiger partial charge in [-0.1, -0.05) is 16.7 Å². The van der Waals surface area contributed by atoms with Gasteiger partial charge >= 0.3 is 12.1 Å². The Balaban J connectivity index is 1.94. The summed E-state index contributed by atoms with van der Waals surface area (Å²) in [5.41, 5.74) is 0.0117. The molecule has 0 fully saturated rings. The molecule has 0 spiro atoms. The number of carbonyl (C=O) groups is 2. The minimum absolute atomic E-state index is 0.0761. The zero-order chi connectivity index (χ0) is 18.6. The first kappa shape index (κ1) is 18.7. The van der Waals surface area contributed by atoms with Crippen LogP contribution in [0.2, 0.25) is 5.02 Å². The van der Waals surface area contributed by atoms with Crippen LogP contribution < -0.4 is 10.6 Å². The molecule has 1 unspecified atom stereocenters. The SMILES string of the molecule is CC(NC(=O)OC(C)(C)C)C(=O)Nc1nnc(-c2ccc(Cl)cc2)o1. The number of halogens is 1. The number of aromatic nitrogens is 2. The first-order valence-corrected chi connectivity index (χ1v) is 7.91. The zero-order valence-corrected chi connectivity index (χ0v) is 15.0. The second kappa shape index (κ2) is 7.52. The molecule has 1 aromatic carbocycles. The van der Waals surface area contributed by atoms with E-state index in [0.29, 0.717) is 10.6 Å². The number of nitrogens with one attached hydrogen (secondary N) is 2. The Morgan fingerprint density at radius 3 is 2.44 bits per heavy atom. The number of amides is 2. The van der Waals surface area contributed by atoms with Gasteiger partial charge in [0.15, 0.2) is 0 Å². The van der Waals surface area contributed by atoms with E-state index in [1.54, 1.807) is 45.0 Å². The van der Waals surface area contributed by atoms with Crippen molar-refractivity contribution in [3.63, 3.8) is 0 Å². The molecule has 0 saturated heterocycles. The molecule has 0 bridgehead atoms. The van der Waals surface area contributed by atoms with E-state index in [4.69, 9.17) is 20.8 Å². The number of hydrogen-bond acceptors (Lipinski definition) is 6. The topological polar surface area (TPSA) is 106 Å². The van der Waals surface area contributed by atoms with Gasteiger partial charge in [-0.05, 0) is 52.0 Å². The van der Waals surface area contributed by atoms with Crippen LogP contribution in [0.4, 0.5) is 10.8 Å². The number of carbonyl (C=O) groups excluding carboxylic acids is 2. The number of anilines is 1. The van der Waals surface area contributed by atoms with E-state index >= 15 is 0 Å². The van der Waals surface area contributed by atoms with Crippen molar-refractivity contribution in [2.75, 3.05) is 5.32 Å². The Labute approximate surface area is 149 Å². The van der Waals surface area contributed by atoms with Gasteiger partial charge in [-0.2, -0.15) is 0 Å².